The van der Waals surface area contributed by atoms with Gasteiger partial charge in [0, 0.05) is 65.4 Å². The van der Waals surface area contributed by atoms with Crippen molar-refractivity contribution >= 4 is 0 Å². The van der Waals surface area contributed by atoms with Crippen molar-refractivity contribution in [3.8, 4) is 0 Å². The zero-order valence-electron chi connectivity index (χ0n) is 19.2. The van der Waals surface area contributed by atoms with Gasteiger partial charge in [0.2, 0.25) is 0 Å². The number of hydrogen-bond acceptors (Lipinski definition) is 0. The smallest absolute Gasteiger partial charge is 0 e. The van der Waals surface area contributed by atoms with Crippen molar-refractivity contribution in [2.24, 2.45) is 11.8 Å². The Kier molecular flexibility index (Phi) is 16.4. The van der Waals surface area contributed by atoms with Crippen molar-refractivity contribution in [3.63, 3.8) is 0 Å². The maximum Gasteiger partial charge on any atom is 0 e. The Bertz CT molecular complexity index is 804. The summed E-state index contributed by atoms with van der Waals surface area (Å²) >= 11 is 0. The Morgan fingerprint density at radius 1 is 0.516 bits per heavy atom. The molecule has 0 N–H and O–H groups in total. The van der Waals surface area contributed by atoms with Gasteiger partial charge in [0.05, 0.1) is 0 Å². The first-order valence-corrected chi connectivity index (χ1v) is 10.3. The normalized spacial score (nSPS) is 17.2. The first kappa shape index (κ1) is 30.9. The van der Waals surface area contributed by atoms with Crippen molar-refractivity contribution in [3.05, 3.63) is 122 Å². The van der Waals surface area contributed by atoms with E-state index >= 15 is 0 Å². The van der Waals surface area contributed by atoms with E-state index in [0.29, 0.717) is 0 Å². The SMILES string of the molecule is [CH3-].[CH3-].[Y].[Y].[c-]1ccc(Cc2ccc(CC3CCC(Cc4cc[c-]cc4)CC3)cc2)cc1. The van der Waals surface area contributed by atoms with Gasteiger partial charge in [-0.25, -0.2) is 0 Å². The minimum absolute atomic E-state index is 0. The van der Waals surface area contributed by atoms with Gasteiger partial charge in [0.1, 0.15) is 0 Å². The minimum Gasteiger partial charge on any atom is -0.358 e. The summed E-state index contributed by atoms with van der Waals surface area (Å²) in [5.41, 5.74) is 5.73. The average molecular weight is 560 g/mol. The molecule has 4 rings (SSSR count). The van der Waals surface area contributed by atoms with Crippen LogP contribution in [0, 0.1) is 38.8 Å². The minimum atomic E-state index is 0. The average Bonchev–Trinajstić information content (AvgIpc) is 2.73. The van der Waals surface area contributed by atoms with Gasteiger partial charge in [-0.05, 0) is 67.9 Å². The fourth-order valence-corrected chi connectivity index (χ4v) is 4.43. The molecule has 0 nitrogen and oxygen atoms in total. The fraction of sp³-hybridized carbons (Fsp3) is 0.310. The summed E-state index contributed by atoms with van der Waals surface area (Å²) in [6, 6.07) is 32.3. The van der Waals surface area contributed by atoms with Crippen LogP contribution < -0.4 is 0 Å². The van der Waals surface area contributed by atoms with Gasteiger partial charge < -0.3 is 14.9 Å². The predicted molar refractivity (Wildman–Crippen MR) is 125 cm³/mol. The molecule has 2 heteroatoms. The van der Waals surface area contributed by atoms with Crippen LogP contribution in [0.25, 0.3) is 0 Å². The van der Waals surface area contributed by atoms with E-state index in [4.69, 9.17) is 0 Å². The molecule has 3 aromatic carbocycles. The van der Waals surface area contributed by atoms with Crippen LogP contribution in [0.1, 0.15) is 47.9 Å². The van der Waals surface area contributed by atoms with Crippen molar-refractivity contribution in [1.82, 2.24) is 0 Å². The second-order valence-electron chi connectivity index (χ2n) is 8.10. The summed E-state index contributed by atoms with van der Waals surface area (Å²) in [5.74, 6) is 1.73. The first-order chi connectivity index (χ1) is 13.3. The van der Waals surface area contributed by atoms with E-state index in [1.54, 1.807) is 0 Å². The summed E-state index contributed by atoms with van der Waals surface area (Å²) in [6.07, 6.45) is 9.02. The van der Waals surface area contributed by atoms with Gasteiger partial charge in [-0.1, -0.05) is 24.3 Å². The molecule has 0 bridgehead atoms. The standard InChI is InChI=1S/C27H28.2CH3.2Y/c1-3-7-22(8-4-1)19-24-11-15-26(16-12-24)21-27-17-13-25(14-18-27)20-23-9-5-2-6-10-23;;;;/h3-12,15-16,25,27H,13-14,17-21H2;2*1H3;;/q-2;2*-1;;. The van der Waals surface area contributed by atoms with E-state index in [0.717, 1.165) is 18.3 Å². The molecule has 1 aliphatic rings. The monoisotopic (exact) mass is 560 g/mol. The molecule has 31 heavy (non-hydrogen) atoms. The molecule has 0 spiro atoms. The van der Waals surface area contributed by atoms with E-state index in [1.807, 2.05) is 24.3 Å². The zero-order valence-corrected chi connectivity index (χ0v) is 24.9. The third-order valence-electron chi connectivity index (χ3n) is 6.02. The third kappa shape index (κ3) is 10.1. The van der Waals surface area contributed by atoms with Crippen LogP contribution in [0.2, 0.25) is 0 Å². The van der Waals surface area contributed by atoms with Crippen LogP contribution >= 0.6 is 0 Å². The second kappa shape index (κ2) is 16.5. The molecule has 3 aromatic rings. The van der Waals surface area contributed by atoms with Crippen LogP contribution in [-0.4, -0.2) is 0 Å². The maximum atomic E-state index is 3.12. The van der Waals surface area contributed by atoms with E-state index in [-0.39, 0.29) is 80.3 Å². The topological polar surface area (TPSA) is 0 Å². The molecule has 0 aromatic heterocycles. The molecule has 0 saturated heterocycles. The quantitative estimate of drug-likeness (QED) is 0.277. The van der Waals surface area contributed by atoms with Crippen molar-refractivity contribution in [1.29, 1.82) is 0 Å². The zero-order chi connectivity index (χ0) is 18.3. The molecule has 0 amide bonds. The van der Waals surface area contributed by atoms with E-state index < -0.39 is 0 Å². The van der Waals surface area contributed by atoms with Crippen LogP contribution in [0.5, 0.6) is 0 Å². The molecular formula is C29H34Y2-4. The van der Waals surface area contributed by atoms with Crippen molar-refractivity contribution in [2.45, 2.75) is 44.9 Å². The number of rotatable bonds is 6. The van der Waals surface area contributed by atoms with E-state index in [1.165, 1.54) is 60.8 Å². The summed E-state index contributed by atoms with van der Waals surface area (Å²) < 4.78 is 0. The molecule has 1 fully saturated rings. The van der Waals surface area contributed by atoms with Crippen LogP contribution in [-0.2, 0) is 84.7 Å². The Morgan fingerprint density at radius 2 is 0.839 bits per heavy atom. The number of benzene rings is 3. The van der Waals surface area contributed by atoms with Gasteiger partial charge in [0.25, 0.3) is 0 Å². The molecule has 0 unspecified atom stereocenters. The Labute approximate surface area is 241 Å². The number of hydrogen-bond donors (Lipinski definition) is 0. The van der Waals surface area contributed by atoms with Crippen molar-refractivity contribution < 1.29 is 65.4 Å². The van der Waals surface area contributed by atoms with Gasteiger partial charge in [-0.3, -0.25) is 0 Å². The van der Waals surface area contributed by atoms with Gasteiger partial charge in [-0.2, -0.15) is 71.8 Å². The predicted octanol–water partition coefficient (Wildman–Crippen LogP) is 7.36. The van der Waals surface area contributed by atoms with Crippen LogP contribution in [0.3, 0.4) is 0 Å². The Hall–Kier alpha value is -0.132. The molecule has 1 aliphatic carbocycles. The molecule has 0 atom stereocenters. The van der Waals surface area contributed by atoms with E-state index in [2.05, 4.69) is 60.7 Å². The van der Waals surface area contributed by atoms with Crippen LogP contribution in [0.4, 0.5) is 0 Å². The maximum absolute atomic E-state index is 3.12. The van der Waals surface area contributed by atoms with E-state index in [9.17, 15) is 0 Å². The Balaban J connectivity index is 0.00000225. The first-order valence-electron chi connectivity index (χ1n) is 10.3. The third-order valence-corrected chi connectivity index (χ3v) is 6.02. The summed E-state index contributed by atoms with van der Waals surface area (Å²) in [5, 5.41) is 0. The second-order valence-corrected chi connectivity index (χ2v) is 8.10. The van der Waals surface area contributed by atoms with Gasteiger partial charge in [0.15, 0.2) is 0 Å². The van der Waals surface area contributed by atoms with Crippen molar-refractivity contribution in [2.75, 3.05) is 0 Å². The molecule has 0 aliphatic heterocycles. The van der Waals surface area contributed by atoms with Crippen LogP contribution in [0.15, 0.2) is 72.8 Å². The summed E-state index contributed by atoms with van der Waals surface area (Å²) in [6.45, 7) is 0. The summed E-state index contributed by atoms with van der Waals surface area (Å²) in [4.78, 5) is 0. The molecule has 160 valence electrons. The molecule has 1 saturated carbocycles. The molecule has 0 heterocycles. The summed E-state index contributed by atoms with van der Waals surface area (Å²) in [7, 11) is 0. The Morgan fingerprint density at radius 3 is 1.29 bits per heavy atom. The molecule has 2 radical (unpaired) electrons. The fourth-order valence-electron chi connectivity index (χ4n) is 4.43. The van der Waals surface area contributed by atoms with Gasteiger partial charge >= 0.3 is 0 Å². The largest absolute Gasteiger partial charge is 0.358 e. The molecular weight excluding hydrogens is 526 g/mol. The van der Waals surface area contributed by atoms with Gasteiger partial charge in [-0.15, -0.1) is 0 Å².